The summed E-state index contributed by atoms with van der Waals surface area (Å²) in [6.45, 7) is 6.52. The summed E-state index contributed by atoms with van der Waals surface area (Å²) in [5, 5.41) is 12.6. The molecule has 0 radical (unpaired) electrons. The number of hydrogen-bond donors (Lipinski definition) is 2. The van der Waals surface area contributed by atoms with E-state index in [-0.39, 0.29) is 5.84 Å². The average molecular weight is 273 g/mol. The summed E-state index contributed by atoms with van der Waals surface area (Å²) in [6.07, 6.45) is 0. The predicted octanol–water partition coefficient (Wildman–Crippen LogP) is 3.57. The van der Waals surface area contributed by atoms with Crippen molar-refractivity contribution in [1.82, 2.24) is 0 Å². The highest BCUT2D eigenvalue weighted by Gasteiger charge is 2.12. The van der Waals surface area contributed by atoms with Gasteiger partial charge in [0.2, 0.25) is 0 Å². The van der Waals surface area contributed by atoms with E-state index in [0.717, 1.165) is 4.90 Å². The molecule has 0 fully saturated rings. The number of benzene rings is 1. The van der Waals surface area contributed by atoms with Crippen LogP contribution >= 0.6 is 23.4 Å². The Kier molecular flexibility index (Phi) is 5.15. The fourth-order valence-corrected chi connectivity index (χ4v) is 2.45. The molecule has 0 spiro atoms. The van der Waals surface area contributed by atoms with Crippen LogP contribution in [0.1, 0.15) is 26.3 Å². The van der Waals surface area contributed by atoms with E-state index in [9.17, 15) is 0 Å². The molecule has 0 aliphatic carbocycles. The van der Waals surface area contributed by atoms with Crippen LogP contribution in [0.25, 0.3) is 0 Å². The summed E-state index contributed by atoms with van der Waals surface area (Å²) in [5.74, 6) is 0.653. The average Bonchev–Trinajstić information content (AvgIpc) is 2.30. The Morgan fingerprint density at radius 2 is 2.06 bits per heavy atom. The van der Waals surface area contributed by atoms with Crippen molar-refractivity contribution >= 4 is 29.2 Å². The van der Waals surface area contributed by atoms with Gasteiger partial charge in [0.15, 0.2) is 5.84 Å². The molecule has 1 aromatic rings. The number of amidine groups is 1. The maximum atomic E-state index is 8.58. The van der Waals surface area contributed by atoms with Crippen LogP contribution in [0.3, 0.4) is 0 Å². The van der Waals surface area contributed by atoms with Crippen LogP contribution in [0, 0.1) is 5.92 Å². The third kappa shape index (κ3) is 3.82. The van der Waals surface area contributed by atoms with Crippen LogP contribution in [-0.4, -0.2) is 16.3 Å². The smallest absolute Gasteiger partial charge is 0.170 e. The molecule has 0 amide bonds. The molecule has 1 rings (SSSR count). The first kappa shape index (κ1) is 14.2. The zero-order valence-electron chi connectivity index (χ0n) is 10.1. The molecular weight excluding hydrogens is 256 g/mol. The van der Waals surface area contributed by atoms with Crippen molar-refractivity contribution in [2.45, 2.75) is 30.9 Å². The van der Waals surface area contributed by atoms with E-state index in [1.165, 1.54) is 0 Å². The van der Waals surface area contributed by atoms with Gasteiger partial charge in [-0.15, -0.1) is 11.8 Å². The second kappa shape index (κ2) is 6.17. The Balaban J connectivity index is 2.91. The maximum absolute atomic E-state index is 8.58. The van der Waals surface area contributed by atoms with Crippen LogP contribution in [0.2, 0.25) is 5.02 Å². The zero-order chi connectivity index (χ0) is 13.0. The van der Waals surface area contributed by atoms with Gasteiger partial charge in [-0.1, -0.05) is 37.5 Å². The Morgan fingerprint density at radius 1 is 1.41 bits per heavy atom. The van der Waals surface area contributed by atoms with Gasteiger partial charge in [0.05, 0.1) is 5.02 Å². The second-order valence-electron chi connectivity index (χ2n) is 4.20. The number of nitrogens with two attached hydrogens (primary N) is 1. The molecule has 1 unspecified atom stereocenters. The Morgan fingerprint density at radius 3 is 2.53 bits per heavy atom. The lowest BCUT2D eigenvalue weighted by atomic mass is 10.2. The lowest BCUT2D eigenvalue weighted by Crippen LogP contribution is -2.13. The first-order chi connectivity index (χ1) is 7.95. The maximum Gasteiger partial charge on any atom is 0.170 e. The number of nitrogens with zero attached hydrogens (tertiary/aromatic N) is 1. The van der Waals surface area contributed by atoms with Gasteiger partial charge in [0, 0.05) is 15.7 Å². The van der Waals surface area contributed by atoms with E-state index in [1.807, 2.05) is 6.07 Å². The summed E-state index contributed by atoms with van der Waals surface area (Å²) < 4.78 is 0. The molecule has 17 heavy (non-hydrogen) atoms. The first-order valence-electron chi connectivity index (χ1n) is 5.39. The summed E-state index contributed by atoms with van der Waals surface area (Å²) in [7, 11) is 0. The molecule has 0 bridgehead atoms. The highest BCUT2D eigenvalue weighted by Crippen LogP contribution is 2.33. The van der Waals surface area contributed by atoms with Crippen molar-refractivity contribution < 1.29 is 5.21 Å². The molecule has 0 aromatic heterocycles. The number of oxime groups is 1. The molecule has 1 aromatic carbocycles. The number of thioether (sulfide) groups is 1. The van der Waals surface area contributed by atoms with E-state index in [4.69, 9.17) is 22.5 Å². The summed E-state index contributed by atoms with van der Waals surface area (Å²) in [5.41, 5.74) is 6.12. The molecule has 3 nitrogen and oxygen atoms in total. The second-order valence-corrected chi connectivity index (χ2v) is 6.02. The van der Waals surface area contributed by atoms with E-state index < -0.39 is 0 Å². The predicted molar refractivity (Wildman–Crippen MR) is 74.1 cm³/mol. The summed E-state index contributed by atoms with van der Waals surface area (Å²) in [6, 6.07) is 5.42. The van der Waals surface area contributed by atoms with Gasteiger partial charge in [0.1, 0.15) is 0 Å². The minimum Gasteiger partial charge on any atom is -0.409 e. The van der Waals surface area contributed by atoms with Crippen molar-refractivity contribution in [3.8, 4) is 0 Å². The van der Waals surface area contributed by atoms with Gasteiger partial charge < -0.3 is 10.9 Å². The molecule has 1 atom stereocenters. The van der Waals surface area contributed by atoms with Crippen LogP contribution < -0.4 is 5.73 Å². The van der Waals surface area contributed by atoms with E-state index in [0.29, 0.717) is 21.8 Å². The summed E-state index contributed by atoms with van der Waals surface area (Å²) in [4.78, 5) is 1.02. The van der Waals surface area contributed by atoms with E-state index in [1.54, 1.807) is 23.9 Å². The minimum atomic E-state index is 0.0698. The zero-order valence-corrected chi connectivity index (χ0v) is 11.7. The standard InChI is InChI=1S/C12H17ClN2OS/c1-7(2)8(3)17-11-5-4-9(6-10(11)13)12(14)15-16/h4-8,16H,1-3H3,(H2,14,15). The molecule has 0 aliphatic heterocycles. The van der Waals surface area contributed by atoms with Crippen LogP contribution in [-0.2, 0) is 0 Å². The topological polar surface area (TPSA) is 58.6 Å². The van der Waals surface area contributed by atoms with Crippen molar-refractivity contribution in [1.29, 1.82) is 0 Å². The van der Waals surface area contributed by atoms with E-state index in [2.05, 4.69) is 25.9 Å². The van der Waals surface area contributed by atoms with Gasteiger partial charge >= 0.3 is 0 Å². The quantitative estimate of drug-likeness (QED) is 0.290. The molecule has 0 saturated heterocycles. The number of hydrogen-bond acceptors (Lipinski definition) is 3. The van der Waals surface area contributed by atoms with Crippen molar-refractivity contribution in [3.63, 3.8) is 0 Å². The monoisotopic (exact) mass is 272 g/mol. The largest absolute Gasteiger partial charge is 0.409 e. The molecule has 3 N–H and O–H groups in total. The minimum absolute atomic E-state index is 0.0698. The third-order valence-electron chi connectivity index (χ3n) is 2.59. The molecule has 5 heteroatoms. The van der Waals surface area contributed by atoms with E-state index >= 15 is 0 Å². The van der Waals surface area contributed by atoms with Gasteiger partial charge in [-0.25, -0.2) is 0 Å². The van der Waals surface area contributed by atoms with Gasteiger partial charge in [-0.3, -0.25) is 0 Å². The first-order valence-corrected chi connectivity index (χ1v) is 6.65. The highest BCUT2D eigenvalue weighted by molar-refractivity contribution is 8.00. The molecule has 0 saturated carbocycles. The van der Waals surface area contributed by atoms with Gasteiger partial charge in [-0.2, -0.15) is 0 Å². The van der Waals surface area contributed by atoms with Crippen molar-refractivity contribution in [2.75, 3.05) is 0 Å². The Labute approximate surface area is 111 Å². The number of halogens is 1. The normalized spacial score (nSPS) is 14.1. The van der Waals surface area contributed by atoms with Crippen molar-refractivity contribution in [3.05, 3.63) is 28.8 Å². The molecular formula is C12H17ClN2OS. The van der Waals surface area contributed by atoms with Gasteiger partial charge in [0.25, 0.3) is 0 Å². The molecule has 0 heterocycles. The lowest BCUT2D eigenvalue weighted by molar-refractivity contribution is 0.318. The fourth-order valence-electron chi connectivity index (χ4n) is 1.15. The molecule has 94 valence electrons. The SMILES string of the molecule is CC(C)C(C)Sc1ccc(/C(N)=N/O)cc1Cl. The fraction of sp³-hybridized carbons (Fsp3) is 0.417. The van der Waals surface area contributed by atoms with Crippen molar-refractivity contribution in [2.24, 2.45) is 16.8 Å². The third-order valence-corrected chi connectivity index (χ3v) is 4.54. The highest BCUT2D eigenvalue weighted by atomic mass is 35.5. The number of rotatable bonds is 4. The van der Waals surface area contributed by atoms with Crippen LogP contribution in [0.5, 0.6) is 0 Å². The summed E-state index contributed by atoms with van der Waals surface area (Å²) >= 11 is 7.90. The Hall–Kier alpha value is -0.870. The molecule has 0 aliphatic rings. The Bertz CT molecular complexity index is 421. The van der Waals surface area contributed by atoms with Crippen LogP contribution in [0.4, 0.5) is 0 Å². The lowest BCUT2D eigenvalue weighted by Gasteiger charge is -2.16. The van der Waals surface area contributed by atoms with Gasteiger partial charge in [-0.05, 0) is 24.1 Å². The van der Waals surface area contributed by atoms with Crippen LogP contribution in [0.15, 0.2) is 28.3 Å².